The zero-order chi connectivity index (χ0) is 12.1. The van der Waals surface area contributed by atoms with Gasteiger partial charge in [0.1, 0.15) is 0 Å². The van der Waals surface area contributed by atoms with E-state index in [2.05, 4.69) is 9.47 Å². The molecule has 0 aliphatic carbocycles. The van der Waals surface area contributed by atoms with Crippen LogP contribution in [0.4, 0.5) is 0 Å². The van der Waals surface area contributed by atoms with Gasteiger partial charge in [-0.1, -0.05) is 23.2 Å². The first-order valence-electron chi connectivity index (χ1n) is 4.27. The molecule has 0 aliphatic rings. The lowest BCUT2D eigenvalue weighted by Gasteiger charge is -2.21. The van der Waals surface area contributed by atoms with Crippen molar-refractivity contribution in [2.24, 2.45) is 0 Å². The normalized spacial score (nSPS) is 13.1. The zero-order valence-corrected chi connectivity index (χ0v) is 9.84. The predicted octanol–water partition coefficient (Wildman–Crippen LogP) is 0.647. The Labute approximate surface area is 97.2 Å². The molecule has 0 aromatic rings. The number of rotatable bonds is 5. The molecule has 0 spiro atoms. The maximum atomic E-state index is 11.2. The maximum Gasteiger partial charge on any atom is 0.346 e. The monoisotopic (exact) mass is 258 g/mol. The van der Waals surface area contributed by atoms with Crippen LogP contribution in [-0.4, -0.2) is 40.7 Å². The number of aliphatic hydroxyl groups excluding tert-OH is 1. The summed E-state index contributed by atoms with van der Waals surface area (Å²) in [6, 6.07) is 0. The number of carbonyl (C=O) groups excluding carboxylic acids is 2. The largest absolute Gasteiger partial charge is 0.464 e. The maximum absolute atomic E-state index is 11.2. The molecule has 0 aromatic carbocycles. The van der Waals surface area contributed by atoms with Crippen molar-refractivity contribution in [2.75, 3.05) is 13.2 Å². The van der Waals surface area contributed by atoms with Crippen LogP contribution >= 0.6 is 23.2 Å². The van der Waals surface area contributed by atoms with Gasteiger partial charge in [-0.3, -0.25) is 0 Å². The van der Waals surface area contributed by atoms with Gasteiger partial charge in [-0.15, -0.1) is 0 Å². The minimum Gasteiger partial charge on any atom is -0.464 e. The summed E-state index contributed by atoms with van der Waals surface area (Å²) < 4.78 is 6.59. The minimum absolute atomic E-state index is 0.0373. The SMILES string of the molecule is CCOC(=O)C(O)C(Cl)(Cl)C(=O)OCC. The van der Waals surface area contributed by atoms with Gasteiger partial charge in [-0.25, -0.2) is 9.59 Å². The Morgan fingerprint density at radius 3 is 2.13 bits per heavy atom. The number of ether oxygens (including phenoxy) is 2. The van der Waals surface area contributed by atoms with Gasteiger partial charge >= 0.3 is 11.9 Å². The van der Waals surface area contributed by atoms with Crippen LogP contribution in [0.25, 0.3) is 0 Å². The molecule has 0 rings (SSSR count). The van der Waals surface area contributed by atoms with Gasteiger partial charge in [-0.05, 0) is 13.8 Å². The first kappa shape index (κ1) is 14.5. The summed E-state index contributed by atoms with van der Waals surface area (Å²) in [6.07, 6.45) is -1.97. The van der Waals surface area contributed by atoms with Gasteiger partial charge in [0.15, 0.2) is 6.10 Å². The number of hydrogen-bond donors (Lipinski definition) is 1. The van der Waals surface area contributed by atoms with Crippen molar-refractivity contribution in [3.8, 4) is 0 Å². The van der Waals surface area contributed by atoms with E-state index < -0.39 is 22.4 Å². The first-order valence-corrected chi connectivity index (χ1v) is 5.03. The Morgan fingerprint density at radius 1 is 1.27 bits per heavy atom. The van der Waals surface area contributed by atoms with E-state index in [1.165, 1.54) is 0 Å². The number of hydrogen-bond acceptors (Lipinski definition) is 5. The molecule has 0 aromatic heterocycles. The fourth-order valence-electron chi connectivity index (χ4n) is 0.708. The van der Waals surface area contributed by atoms with Crippen LogP contribution in [0.2, 0.25) is 0 Å². The van der Waals surface area contributed by atoms with Crippen molar-refractivity contribution in [1.29, 1.82) is 0 Å². The molecule has 0 radical (unpaired) electrons. The highest BCUT2D eigenvalue weighted by molar-refractivity contribution is 6.59. The molecule has 0 bridgehead atoms. The molecule has 0 saturated heterocycles. The molecule has 1 atom stereocenters. The molecule has 1 N–H and O–H groups in total. The molecule has 15 heavy (non-hydrogen) atoms. The van der Waals surface area contributed by atoms with Gasteiger partial charge in [-0.2, -0.15) is 0 Å². The van der Waals surface area contributed by atoms with Crippen molar-refractivity contribution >= 4 is 35.1 Å². The zero-order valence-electron chi connectivity index (χ0n) is 8.33. The standard InChI is InChI=1S/C8H12Cl2O5/c1-3-14-6(12)5(11)8(9,10)7(13)15-4-2/h5,11H,3-4H2,1-2H3. The number of halogens is 2. The molecule has 0 fully saturated rings. The average Bonchev–Trinajstić information content (AvgIpc) is 2.17. The molecular formula is C8H12Cl2O5. The topological polar surface area (TPSA) is 72.8 Å². The first-order chi connectivity index (χ1) is 6.87. The van der Waals surface area contributed by atoms with Crippen molar-refractivity contribution in [3.05, 3.63) is 0 Å². The smallest absolute Gasteiger partial charge is 0.346 e. The quantitative estimate of drug-likeness (QED) is 0.579. The number of carbonyl (C=O) groups is 2. The van der Waals surface area contributed by atoms with Crippen molar-refractivity contribution in [1.82, 2.24) is 0 Å². The van der Waals surface area contributed by atoms with E-state index in [1.54, 1.807) is 13.8 Å². The van der Waals surface area contributed by atoms with Gasteiger partial charge in [0, 0.05) is 0 Å². The average molecular weight is 259 g/mol. The third kappa shape index (κ3) is 3.85. The Hall–Kier alpha value is -0.520. The molecule has 88 valence electrons. The van der Waals surface area contributed by atoms with Crippen LogP contribution in [0.3, 0.4) is 0 Å². The van der Waals surface area contributed by atoms with Crippen molar-refractivity contribution in [3.63, 3.8) is 0 Å². The second-order valence-electron chi connectivity index (χ2n) is 2.50. The van der Waals surface area contributed by atoms with Gasteiger partial charge in [0.25, 0.3) is 4.33 Å². The third-order valence-corrected chi connectivity index (χ3v) is 2.12. The lowest BCUT2D eigenvalue weighted by Crippen LogP contribution is -2.46. The Bertz CT molecular complexity index is 241. The molecule has 7 heteroatoms. The molecule has 0 amide bonds. The van der Waals surface area contributed by atoms with E-state index in [4.69, 9.17) is 23.2 Å². The lowest BCUT2D eigenvalue weighted by molar-refractivity contribution is -0.160. The Balaban J connectivity index is 4.56. The molecule has 0 saturated carbocycles. The summed E-state index contributed by atoms with van der Waals surface area (Å²) in [5.74, 6) is -2.16. The van der Waals surface area contributed by atoms with Crippen LogP contribution in [0.1, 0.15) is 13.8 Å². The molecule has 1 unspecified atom stereocenters. The second-order valence-corrected chi connectivity index (χ2v) is 3.88. The molecule has 0 heterocycles. The fourth-order valence-corrected chi connectivity index (χ4v) is 0.995. The van der Waals surface area contributed by atoms with Crippen LogP contribution in [0.15, 0.2) is 0 Å². The summed E-state index contributed by atoms with van der Waals surface area (Å²) in [7, 11) is 0. The highest BCUT2D eigenvalue weighted by Gasteiger charge is 2.48. The molecular weight excluding hydrogens is 247 g/mol. The lowest BCUT2D eigenvalue weighted by atomic mass is 10.2. The summed E-state index contributed by atoms with van der Waals surface area (Å²) in [6.45, 7) is 3.16. The van der Waals surface area contributed by atoms with Gasteiger partial charge in [0.2, 0.25) is 0 Å². The van der Waals surface area contributed by atoms with E-state index in [0.717, 1.165) is 0 Å². The van der Waals surface area contributed by atoms with E-state index >= 15 is 0 Å². The van der Waals surface area contributed by atoms with E-state index in [0.29, 0.717) is 0 Å². The summed E-state index contributed by atoms with van der Waals surface area (Å²) in [4.78, 5) is 22.2. The van der Waals surface area contributed by atoms with Gasteiger partial charge < -0.3 is 14.6 Å². The van der Waals surface area contributed by atoms with Gasteiger partial charge in [0.05, 0.1) is 13.2 Å². The van der Waals surface area contributed by atoms with E-state index in [-0.39, 0.29) is 13.2 Å². The van der Waals surface area contributed by atoms with Crippen LogP contribution in [0, 0.1) is 0 Å². The summed E-state index contributed by atoms with van der Waals surface area (Å²) >= 11 is 11.0. The number of esters is 2. The van der Waals surface area contributed by atoms with Crippen molar-refractivity contribution in [2.45, 2.75) is 24.3 Å². The van der Waals surface area contributed by atoms with Crippen LogP contribution in [-0.2, 0) is 19.1 Å². The molecule has 0 aliphatic heterocycles. The molecule has 5 nitrogen and oxygen atoms in total. The second kappa shape index (κ2) is 6.15. The number of alkyl halides is 2. The van der Waals surface area contributed by atoms with Crippen LogP contribution in [0.5, 0.6) is 0 Å². The van der Waals surface area contributed by atoms with E-state index in [9.17, 15) is 14.7 Å². The number of aliphatic hydroxyl groups is 1. The highest BCUT2D eigenvalue weighted by atomic mass is 35.5. The predicted molar refractivity (Wildman–Crippen MR) is 53.7 cm³/mol. The Morgan fingerprint density at radius 2 is 1.73 bits per heavy atom. The summed E-state index contributed by atoms with van der Waals surface area (Å²) in [5, 5.41) is 9.33. The fraction of sp³-hybridized carbons (Fsp3) is 0.750. The van der Waals surface area contributed by atoms with Crippen LogP contribution < -0.4 is 0 Å². The third-order valence-electron chi connectivity index (χ3n) is 1.40. The van der Waals surface area contributed by atoms with E-state index in [1.807, 2.05) is 0 Å². The minimum atomic E-state index is -2.34. The Kier molecular flexibility index (Phi) is 5.93. The van der Waals surface area contributed by atoms with Crippen molar-refractivity contribution < 1.29 is 24.2 Å². The highest BCUT2D eigenvalue weighted by Crippen LogP contribution is 2.28. The summed E-state index contributed by atoms with van der Waals surface area (Å²) in [5.41, 5.74) is 0.